The lowest BCUT2D eigenvalue weighted by Crippen LogP contribution is -2.63. The summed E-state index contributed by atoms with van der Waals surface area (Å²) in [6.07, 6.45) is 0. The predicted octanol–water partition coefficient (Wildman–Crippen LogP) is 23.1. The van der Waals surface area contributed by atoms with E-state index in [4.69, 9.17) is 9.47 Å². The fourth-order valence-corrected chi connectivity index (χ4v) is 18.2. The largest absolute Gasteiger partial charge is 0.457 e. The molecule has 4 aliphatic heterocycles. The Morgan fingerprint density at radius 3 is 0.898 bits per heavy atom. The zero-order valence-corrected chi connectivity index (χ0v) is 58.7. The number of hydrogen-bond acceptors (Lipinski definition) is 6. The van der Waals surface area contributed by atoms with Gasteiger partial charge in [-0.3, -0.25) is 0 Å². The first-order valence-electron chi connectivity index (χ1n) is 37.2. The summed E-state index contributed by atoms with van der Waals surface area (Å²) in [4.78, 5) is 9.67. The van der Waals surface area contributed by atoms with Crippen LogP contribution in [0.5, 0.6) is 23.0 Å². The van der Waals surface area contributed by atoms with Crippen molar-refractivity contribution in [1.29, 1.82) is 0 Å². The Bertz CT molecular complexity index is 6080. The molecule has 108 heavy (non-hydrogen) atoms. The summed E-state index contributed by atoms with van der Waals surface area (Å²) in [6, 6.07) is 142. The van der Waals surface area contributed by atoms with E-state index >= 15 is 0 Å². The van der Waals surface area contributed by atoms with Crippen LogP contribution in [0.3, 0.4) is 0 Å². The fraction of sp³-hybridized carbons (Fsp3) is 0. The van der Waals surface area contributed by atoms with Gasteiger partial charge in [0.05, 0.1) is 16.9 Å². The van der Waals surface area contributed by atoms with Crippen LogP contribution >= 0.6 is 0 Å². The van der Waals surface area contributed by atoms with Gasteiger partial charge in [0.2, 0.25) is 0 Å². The molecule has 8 heteroatoms. The third kappa shape index (κ3) is 9.56. The third-order valence-corrected chi connectivity index (χ3v) is 22.6. The lowest BCUT2D eigenvalue weighted by molar-refractivity contribution is 0.469. The number of nitrogens with zero attached hydrogens (tertiary/aromatic N) is 4. The molecule has 0 spiro atoms. The lowest BCUT2D eigenvalue weighted by atomic mass is 9.30. The van der Waals surface area contributed by atoms with E-state index in [1.807, 2.05) is 0 Å². The Kier molecular flexibility index (Phi) is 14.1. The van der Waals surface area contributed by atoms with E-state index in [0.717, 1.165) is 190 Å². The molecule has 18 aromatic rings. The summed E-state index contributed by atoms with van der Waals surface area (Å²) in [5, 5.41) is 9.18. The second kappa shape index (κ2) is 24.8. The molecule has 0 saturated carbocycles. The van der Waals surface area contributed by atoms with Crippen LogP contribution in [0.25, 0.3) is 76.5 Å². The number of ether oxygens (including phenoxy) is 2. The van der Waals surface area contributed by atoms with Crippen LogP contribution in [0.2, 0.25) is 0 Å². The first-order valence-corrected chi connectivity index (χ1v) is 37.2. The molecular formula is C100H64B2N4O2. The summed E-state index contributed by atoms with van der Waals surface area (Å²) >= 11 is 0. The minimum absolute atomic E-state index is 0.365. The first kappa shape index (κ1) is 61.4. The number of hydrogen-bond donors (Lipinski definition) is 0. The molecule has 0 fully saturated rings. The van der Waals surface area contributed by atoms with Crippen molar-refractivity contribution in [2.24, 2.45) is 0 Å². The second-order valence-electron chi connectivity index (χ2n) is 28.5. The Balaban J connectivity index is 0.931. The second-order valence-corrected chi connectivity index (χ2v) is 28.5. The molecule has 0 unspecified atom stereocenters. The van der Waals surface area contributed by atoms with Crippen molar-refractivity contribution >= 4 is 158 Å². The van der Waals surface area contributed by atoms with E-state index in [1.165, 1.54) is 10.9 Å². The molecule has 0 amide bonds. The van der Waals surface area contributed by atoms with Gasteiger partial charge in [-0.05, 0) is 207 Å². The molecule has 22 rings (SSSR count). The van der Waals surface area contributed by atoms with Crippen LogP contribution in [-0.2, 0) is 0 Å². The third-order valence-electron chi connectivity index (χ3n) is 22.6. The fourth-order valence-electron chi connectivity index (χ4n) is 18.2. The highest BCUT2D eigenvalue weighted by Crippen LogP contribution is 2.57. The van der Waals surface area contributed by atoms with Crippen LogP contribution in [0.4, 0.5) is 68.2 Å². The van der Waals surface area contributed by atoms with Crippen LogP contribution in [0, 0.1) is 0 Å². The molecular weight excluding hydrogens is 1310 g/mol. The highest BCUT2D eigenvalue weighted by Gasteiger charge is 2.50. The van der Waals surface area contributed by atoms with Crippen molar-refractivity contribution in [1.82, 2.24) is 0 Å². The predicted molar refractivity (Wildman–Crippen MR) is 454 cm³/mol. The molecule has 0 saturated heterocycles. The minimum atomic E-state index is -0.365. The van der Waals surface area contributed by atoms with Crippen molar-refractivity contribution < 1.29 is 9.47 Å². The highest BCUT2D eigenvalue weighted by atomic mass is 16.5. The summed E-state index contributed by atoms with van der Waals surface area (Å²) < 4.78 is 17.1. The number of para-hydroxylation sites is 8. The summed E-state index contributed by atoms with van der Waals surface area (Å²) in [7, 11) is 0. The van der Waals surface area contributed by atoms with E-state index in [0.29, 0.717) is 0 Å². The monoisotopic (exact) mass is 1370 g/mol. The number of benzene rings is 18. The van der Waals surface area contributed by atoms with Gasteiger partial charge in [0.1, 0.15) is 23.0 Å². The summed E-state index contributed by atoms with van der Waals surface area (Å²) in [5.41, 5.74) is 25.1. The average molecular weight is 1380 g/mol. The van der Waals surface area contributed by atoms with Crippen molar-refractivity contribution in [3.63, 3.8) is 0 Å². The lowest BCUT2D eigenvalue weighted by Gasteiger charge is -2.44. The molecule has 0 radical (unpaired) electrons. The zero-order valence-electron chi connectivity index (χ0n) is 58.7. The number of rotatable bonds is 11. The Hall–Kier alpha value is -14.1. The van der Waals surface area contributed by atoms with Crippen molar-refractivity contribution in [3.05, 3.63) is 388 Å². The van der Waals surface area contributed by atoms with E-state index in [-0.39, 0.29) is 13.4 Å². The van der Waals surface area contributed by atoms with E-state index in [9.17, 15) is 0 Å². The van der Waals surface area contributed by atoms with E-state index in [1.54, 1.807) is 0 Å². The number of fused-ring (bicyclic) bond motifs is 12. The van der Waals surface area contributed by atoms with Gasteiger partial charge in [-0.15, -0.1) is 0 Å². The molecule has 0 atom stereocenters. The smallest absolute Gasteiger partial charge is 0.256 e. The minimum Gasteiger partial charge on any atom is -0.457 e. The average Bonchev–Trinajstić information content (AvgIpc) is 0.683. The highest BCUT2D eigenvalue weighted by molar-refractivity contribution is 7.02. The van der Waals surface area contributed by atoms with Gasteiger partial charge in [-0.25, -0.2) is 0 Å². The van der Waals surface area contributed by atoms with Crippen LogP contribution in [-0.4, -0.2) is 13.4 Å². The quantitative estimate of drug-likeness (QED) is 0.0948. The Labute approximate surface area is 627 Å². The molecule has 0 aromatic heterocycles. The SMILES string of the molecule is c1ccc(N(c2ccccc2)c2cc3c4c(c2)N(c2ccccc2)c2ccccc2B4c2cc4c(c(-c5c(-c6c7ccccc7cc7ccccc67)cccc5-c5c6ccccc6cc6ccccc56)c2O3)Oc2cc(N(c3ccccc3)c3ccccc3)cc3c2B4c2ccccc2N3c2ccccc2)cc1. The standard InChI is InChI=1S/C100H64B2N4O2/c1-7-36-69(37-8-1)103(70-38-9-2-10-39-70)75-60-89-97-91(62-75)107-99-85(101(97)83-54-27-29-56-87(83)105(89)73-44-15-5-16-45-73)64-86-100(108-92-63-76(104(71-40-11-3-12-41-71)72-42-13-4-14-43-72)61-90-98(92)102(86)84-55-28-30-57-88(84)106(90)74-46-17-6-18-47-74)96(99)95-81(93-77-48-23-19-32-65(77)58-66-33-20-24-49-78(66)93)52-31-53-82(95)94-79-50-25-21-34-67(79)59-68-35-22-26-51-80(68)94/h1-64H. The normalized spacial score (nSPS) is 12.7. The van der Waals surface area contributed by atoms with Gasteiger partial charge in [0.25, 0.3) is 13.4 Å². The van der Waals surface area contributed by atoms with Gasteiger partial charge in [-0.1, -0.05) is 267 Å². The van der Waals surface area contributed by atoms with Crippen LogP contribution in [0.1, 0.15) is 0 Å². The molecule has 502 valence electrons. The summed E-state index contributed by atoms with van der Waals surface area (Å²) in [5.74, 6) is 2.97. The van der Waals surface area contributed by atoms with Crippen molar-refractivity contribution in [2.75, 3.05) is 19.6 Å². The molecule has 18 aromatic carbocycles. The van der Waals surface area contributed by atoms with Gasteiger partial charge in [-0.2, -0.15) is 0 Å². The summed E-state index contributed by atoms with van der Waals surface area (Å²) in [6.45, 7) is -0.731. The Morgan fingerprint density at radius 2 is 0.537 bits per heavy atom. The number of anilines is 12. The maximum atomic E-state index is 8.54. The molecule has 0 N–H and O–H groups in total. The van der Waals surface area contributed by atoms with Crippen molar-refractivity contribution in [2.45, 2.75) is 0 Å². The van der Waals surface area contributed by atoms with Crippen molar-refractivity contribution in [3.8, 4) is 56.4 Å². The van der Waals surface area contributed by atoms with Gasteiger partial charge >= 0.3 is 0 Å². The van der Waals surface area contributed by atoms with E-state index in [2.05, 4.69) is 408 Å². The molecule has 0 aliphatic carbocycles. The molecule has 6 nitrogen and oxygen atoms in total. The van der Waals surface area contributed by atoms with Gasteiger partial charge < -0.3 is 29.1 Å². The first-order chi connectivity index (χ1) is 53.6. The zero-order chi connectivity index (χ0) is 70.9. The maximum Gasteiger partial charge on any atom is 0.256 e. The van der Waals surface area contributed by atoms with Crippen LogP contribution < -0.4 is 61.9 Å². The maximum absolute atomic E-state index is 8.54. The Morgan fingerprint density at radius 1 is 0.222 bits per heavy atom. The molecule has 4 heterocycles. The topological polar surface area (TPSA) is 31.4 Å². The van der Waals surface area contributed by atoms with Gasteiger partial charge in [0, 0.05) is 74.6 Å². The molecule has 4 aliphatic rings. The van der Waals surface area contributed by atoms with E-state index < -0.39 is 0 Å². The van der Waals surface area contributed by atoms with Gasteiger partial charge in [0.15, 0.2) is 0 Å². The molecule has 0 bridgehead atoms. The van der Waals surface area contributed by atoms with Crippen LogP contribution in [0.15, 0.2) is 388 Å².